The van der Waals surface area contributed by atoms with Gasteiger partial charge in [-0.05, 0) is 71.3 Å². The number of benzene rings is 1. The number of carboxylic acids is 3. The Morgan fingerprint density at radius 3 is 2.13 bits per heavy atom. The Bertz CT molecular complexity index is 1160. The number of unbranched alkanes of at least 4 members (excludes halogenated alkanes) is 1. The van der Waals surface area contributed by atoms with Crippen LogP contribution in [0.3, 0.4) is 0 Å². The summed E-state index contributed by atoms with van der Waals surface area (Å²) in [4.78, 5) is 39.5. The minimum absolute atomic E-state index is 0.207. The highest BCUT2D eigenvalue weighted by Crippen LogP contribution is 2.51. The molecule has 1 saturated carbocycles. The molecule has 0 unspecified atom stereocenters. The van der Waals surface area contributed by atoms with Crippen molar-refractivity contribution in [2.24, 2.45) is 0 Å². The number of H-pyrrole nitrogens is 1. The Morgan fingerprint density at radius 1 is 1.03 bits per heavy atom. The summed E-state index contributed by atoms with van der Waals surface area (Å²) in [5.74, 6) is -5.02. The lowest BCUT2D eigenvalue weighted by Gasteiger charge is -2.54. The van der Waals surface area contributed by atoms with E-state index in [0.717, 1.165) is 0 Å². The number of aliphatic carboxylic acids is 3. The largest absolute Gasteiger partial charge is 0.481 e. The number of hydrogen-bond acceptors (Lipinski definition) is 6. The zero-order valence-corrected chi connectivity index (χ0v) is 23.5. The summed E-state index contributed by atoms with van der Waals surface area (Å²) in [7, 11) is 6.95. The minimum Gasteiger partial charge on any atom is -0.481 e. The summed E-state index contributed by atoms with van der Waals surface area (Å²) < 4.78 is 0. The number of aromatic amines is 1. The summed E-state index contributed by atoms with van der Waals surface area (Å²) in [5, 5.41) is 35.3. The topological polar surface area (TPSA) is 154 Å². The van der Waals surface area contributed by atoms with Crippen LogP contribution in [0.25, 0.3) is 10.9 Å². The van der Waals surface area contributed by atoms with Gasteiger partial charge in [0.25, 0.3) is 0 Å². The van der Waals surface area contributed by atoms with Crippen LogP contribution in [0.2, 0.25) is 0 Å². The molecule has 2 aromatic rings. The van der Waals surface area contributed by atoms with Crippen LogP contribution in [0.5, 0.6) is 0 Å². The SMILES string of the molecule is CCCCC1(N(C)C)CCC2(CC1)c1[nH]c3ccccc3c1CCN2C.O=C(O)CC(O)(CC(=O)O)C(=O)O. The summed E-state index contributed by atoms with van der Waals surface area (Å²) >= 11 is 0. The van der Waals surface area contributed by atoms with Crippen LogP contribution in [0.1, 0.15) is 76.0 Å². The monoisotopic (exact) mass is 545 g/mol. The van der Waals surface area contributed by atoms with Gasteiger partial charge in [0.05, 0.1) is 18.4 Å². The number of hydrogen-bond donors (Lipinski definition) is 5. The van der Waals surface area contributed by atoms with E-state index in [1.807, 2.05) is 0 Å². The van der Waals surface area contributed by atoms with Gasteiger partial charge in [0.2, 0.25) is 0 Å². The van der Waals surface area contributed by atoms with Crippen molar-refractivity contribution in [1.82, 2.24) is 14.8 Å². The van der Waals surface area contributed by atoms with Gasteiger partial charge in [-0.2, -0.15) is 0 Å². The average Bonchev–Trinajstić information content (AvgIpc) is 3.25. The van der Waals surface area contributed by atoms with Gasteiger partial charge in [-0.3, -0.25) is 14.5 Å². The van der Waals surface area contributed by atoms with Crippen molar-refractivity contribution in [3.8, 4) is 0 Å². The molecule has 216 valence electrons. The third-order valence-corrected chi connectivity index (χ3v) is 8.94. The van der Waals surface area contributed by atoms with E-state index < -0.39 is 36.4 Å². The lowest BCUT2D eigenvalue weighted by atomic mass is 9.66. The number of fused-ring (bicyclic) bond motifs is 4. The molecule has 0 radical (unpaired) electrons. The molecule has 1 aliphatic carbocycles. The summed E-state index contributed by atoms with van der Waals surface area (Å²) in [6.45, 7) is 3.50. The maximum absolute atomic E-state index is 10.3. The second-order valence-corrected chi connectivity index (χ2v) is 11.4. The molecule has 1 aromatic carbocycles. The first-order chi connectivity index (χ1) is 18.3. The first-order valence-corrected chi connectivity index (χ1v) is 13.7. The summed E-state index contributed by atoms with van der Waals surface area (Å²) in [6, 6.07) is 8.89. The van der Waals surface area contributed by atoms with Gasteiger partial charge in [0, 0.05) is 28.7 Å². The number of carbonyl (C=O) groups is 3. The molecule has 39 heavy (non-hydrogen) atoms. The molecular formula is C29H43N3O7. The third kappa shape index (κ3) is 6.28. The molecule has 0 saturated heterocycles. The third-order valence-electron chi connectivity index (χ3n) is 8.94. The van der Waals surface area contributed by atoms with Crippen molar-refractivity contribution in [2.45, 2.75) is 87.8 Å². The second-order valence-electron chi connectivity index (χ2n) is 11.4. The Hall–Kier alpha value is -2.95. The fraction of sp³-hybridized carbons (Fsp3) is 0.621. The van der Waals surface area contributed by atoms with E-state index in [4.69, 9.17) is 20.4 Å². The van der Waals surface area contributed by atoms with Gasteiger partial charge in [-0.1, -0.05) is 38.0 Å². The molecule has 5 N–H and O–H groups in total. The highest BCUT2D eigenvalue weighted by Gasteiger charge is 2.49. The van der Waals surface area contributed by atoms with Gasteiger partial charge < -0.3 is 30.3 Å². The van der Waals surface area contributed by atoms with Gasteiger partial charge in [0.15, 0.2) is 5.60 Å². The average molecular weight is 546 g/mol. The fourth-order valence-electron chi connectivity index (χ4n) is 6.44. The van der Waals surface area contributed by atoms with E-state index in [1.54, 1.807) is 5.56 Å². The molecule has 0 bridgehead atoms. The van der Waals surface area contributed by atoms with Gasteiger partial charge in [-0.15, -0.1) is 0 Å². The van der Waals surface area contributed by atoms with Crippen molar-refractivity contribution in [1.29, 1.82) is 0 Å². The first kappa shape index (κ1) is 30.6. The van der Waals surface area contributed by atoms with E-state index >= 15 is 0 Å². The van der Waals surface area contributed by atoms with Crippen LogP contribution in [0, 0.1) is 0 Å². The number of nitrogens with zero attached hydrogens (tertiary/aromatic N) is 2. The van der Waals surface area contributed by atoms with Crippen molar-refractivity contribution < 1.29 is 34.8 Å². The Labute approximate surface area is 229 Å². The van der Waals surface area contributed by atoms with Crippen LogP contribution >= 0.6 is 0 Å². The molecule has 1 spiro atoms. The first-order valence-electron chi connectivity index (χ1n) is 13.7. The van der Waals surface area contributed by atoms with Crippen LogP contribution in [0.4, 0.5) is 0 Å². The molecule has 1 fully saturated rings. The highest BCUT2D eigenvalue weighted by atomic mass is 16.4. The van der Waals surface area contributed by atoms with Crippen molar-refractivity contribution in [3.05, 3.63) is 35.5 Å². The molecule has 1 aliphatic heterocycles. The molecule has 2 aliphatic rings. The smallest absolute Gasteiger partial charge is 0.336 e. The standard InChI is InChI=1S/C23H35N3.C6H8O7/c1-5-6-12-22(25(2)3)13-15-23(16-14-22)21-19(11-17-26(23)4)18-9-7-8-10-20(18)24-21;7-3(8)1-6(13,5(11)12)2-4(9)10/h7-10,24H,5-6,11-17H2,1-4H3;13H,1-2H2,(H,7,8)(H,9,10)(H,11,12). The van der Waals surface area contributed by atoms with E-state index in [0.29, 0.717) is 5.54 Å². The normalized spacial score (nSPS) is 23.3. The van der Waals surface area contributed by atoms with E-state index in [9.17, 15) is 14.4 Å². The van der Waals surface area contributed by atoms with Crippen LogP contribution < -0.4 is 0 Å². The number of rotatable bonds is 9. The van der Waals surface area contributed by atoms with Crippen LogP contribution in [-0.4, -0.2) is 91.9 Å². The molecular weight excluding hydrogens is 502 g/mol. The predicted octanol–water partition coefficient (Wildman–Crippen LogP) is 3.67. The summed E-state index contributed by atoms with van der Waals surface area (Å²) in [6.07, 6.45) is 8.02. The van der Waals surface area contributed by atoms with Gasteiger partial charge in [0.1, 0.15) is 0 Å². The number of aliphatic hydroxyl groups is 1. The zero-order chi connectivity index (χ0) is 29.0. The summed E-state index contributed by atoms with van der Waals surface area (Å²) in [5.41, 5.74) is 2.30. The van der Waals surface area contributed by atoms with E-state index in [1.165, 1.54) is 74.5 Å². The van der Waals surface area contributed by atoms with E-state index in [-0.39, 0.29) is 5.54 Å². The van der Waals surface area contributed by atoms with Crippen molar-refractivity contribution in [3.63, 3.8) is 0 Å². The fourth-order valence-corrected chi connectivity index (χ4v) is 6.44. The number of likely N-dealkylation sites (N-methyl/N-ethyl adjacent to an activating group) is 1. The lowest BCUT2D eigenvalue weighted by Crippen LogP contribution is -2.56. The minimum atomic E-state index is -2.74. The van der Waals surface area contributed by atoms with Crippen molar-refractivity contribution >= 4 is 28.8 Å². The molecule has 10 heteroatoms. The van der Waals surface area contributed by atoms with Crippen molar-refractivity contribution in [2.75, 3.05) is 27.7 Å². The van der Waals surface area contributed by atoms with Crippen LogP contribution in [0.15, 0.2) is 24.3 Å². The number of para-hydroxylation sites is 1. The van der Waals surface area contributed by atoms with E-state index in [2.05, 4.69) is 67.1 Å². The molecule has 10 nitrogen and oxygen atoms in total. The molecule has 1 aromatic heterocycles. The quantitative estimate of drug-likeness (QED) is 0.317. The number of carboxylic acid groups (broad SMARTS) is 3. The number of aromatic nitrogens is 1. The van der Waals surface area contributed by atoms with Crippen LogP contribution in [-0.2, 0) is 26.3 Å². The molecule has 0 atom stereocenters. The maximum Gasteiger partial charge on any atom is 0.336 e. The second kappa shape index (κ2) is 12.1. The highest BCUT2D eigenvalue weighted by molar-refractivity contribution is 5.88. The Morgan fingerprint density at radius 2 is 1.62 bits per heavy atom. The predicted molar refractivity (Wildman–Crippen MR) is 148 cm³/mol. The Balaban J connectivity index is 0.000000276. The number of nitrogens with one attached hydrogen (secondary N) is 1. The lowest BCUT2D eigenvalue weighted by molar-refractivity contribution is -0.170. The van der Waals surface area contributed by atoms with Gasteiger partial charge >= 0.3 is 17.9 Å². The Kier molecular flexibility index (Phi) is 9.46. The molecule has 2 heterocycles. The maximum atomic E-state index is 10.3. The molecule has 0 amide bonds. The zero-order valence-electron chi connectivity index (χ0n) is 23.5. The molecule has 4 rings (SSSR count). The van der Waals surface area contributed by atoms with Gasteiger partial charge in [-0.25, -0.2) is 4.79 Å².